The van der Waals surface area contributed by atoms with Gasteiger partial charge >= 0.3 is 0 Å². The number of rotatable bonds is 11. The minimum absolute atomic E-state index is 0.0230. The van der Waals surface area contributed by atoms with Crippen molar-refractivity contribution in [3.8, 4) is 5.75 Å². The van der Waals surface area contributed by atoms with E-state index in [1.165, 1.54) is 41.7 Å². The van der Waals surface area contributed by atoms with Gasteiger partial charge in [-0.2, -0.15) is 4.31 Å². The number of nitro groups is 1. The second kappa shape index (κ2) is 10.8. The fraction of sp³-hybridized carbons (Fsp3) is 0.350. The zero-order chi connectivity index (χ0) is 25.7. The molecule has 0 radical (unpaired) electrons. The van der Waals surface area contributed by atoms with Gasteiger partial charge in [0.2, 0.25) is 26.0 Å². The number of nitrogens with zero attached hydrogens (tertiary/aromatic N) is 3. The van der Waals surface area contributed by atoms with Crippen LogP contribution < -0.4 is 14.4 Å². The van der Waals surface area contributed by atoms with Gasteiger partial charge in [-0.15, -0.1) is 0 Å². The molecule has 0 saturated carbocycles. The fourth-order valence-corrected chi connectivity index (χ4v) is 5.43. The summed E-state index contributed by atoms with van der Waals surface area (Å²) in [6.45, 7) is 3.36. The van der Waals surface area contributed by atoms with Crippen LogP contribution in [0.2, 0.25) is 0 Å². The number of non-ortho nitro benzene ring substituents is 1. The van der Waals surface area contributed by atoms with Crippen LogP contribution in [0.25, 0.3) is 0 Å². The number of nitro benzene ring substituents is 1. The van der Waals surface area contributed by atoms with Crippen molar-refractivity contribution >= 4 is 43.0 Å². The monoisotopic (exact) mass is 514 g/mol. The quantitative estimate of drug-likeness (QED) is 0.353. The van der Waals surface area contributed by atoms with Crippen molar-refractivity contribution in [2.24, 2.45) is 0 Å². The largest absolute Gasteiger partial charge is 0.495 e. The molecule has 186 valence electrons. The van der Waals surface area contributed by atoms with Crippen LogP contribution in [0.1, 0.15) is 13.8 Å². The molecule has 1 N–H and O–H groups in total. The summed E-state index contributed by atoms with van der Waals surface area (Å²) in [7, 11) is -6.45. The minimum atomic E-state index is -4.04. The number of benzene rings is 2. The molecule has 0 aliphatic carbocycles. The predicted octanol–water partition coefficient (Wildman–Crippen LogP) is 2.04. The number of hydrogen-bond donors (Lipinski definition) is 1. The number of carbonyl (C=O) groups is 1. The van der Waals surface area contributed by atoms with Gasteiger partial charge in [0.05, 0.1) is 23.2 Å². The minimum Gasteiger partial charge on any atom is -0.495 e. The standard InChI is InChI=1S/C20H26N4O8S2/c1-5-22(6-2)34(30,31)17-10-7-15(8-11-17)21-20(25)14-23(33(4,28)29)18-13-16(24(26)27)9-12-19(18)32-3/h7-13H,5-6,14H2,1-4H3,(H,21,25). The number of hydrogen-bond acceptors (Lipinski definition) is 8. The molecule has 34 heavy (non-hydrogen) atoms. The van der Waals surface area contributed by atoms with Gasteiger partial charge in [0.15, 0.2) is 0 Å². The van der Waals surface area contributed by atoms with Crippen LogP contribution in [0.15, 0.2) is 47.4 Å². The number of sulfonamides is 2. The summed E-state index contributed by atoms with van der Waals surface area (Å²) < 4.78 is 57.0. The highest BCUT2D eigenvalue weighted by Gasteiger charge is 2.26. The molecule has 1 amide bonds. The average molecular weight is 515 g/mol. The Balaban J connectivity index is 2.29. The Morgan fingerprint density at radius 1 is 1.06 bits per heavy atom. The molecular formula is C20H26N4O8S2. The predicted molar refractivity (Wildman–Crippen MR) is 127 cm³/mol. The van der Waals surface area contributed by atoms with Gasteiger partial charge in [0, 0.05) is 30.9 Å². The molecule has 0 aliphatic rings. The van der Waals surface area contributed by atoms with Crippen molar-refractivity contribution in [3.63, 3.8) is 0 Å². The first-order valence-corrected chi connectivity index (χ1v) is 13.3. The first-order valence-electron chi connectivity index (χ1n) is 10.0. The van der Waals surface area contributed by atoms with Crippen LogP contribution in [0, 0.1) is 10.1 Å². The maximum absolute atomic E-state index is 12.6. The van der Waals surface area contributed by atoms with E-state index in [-0.39, 0.29) is 27.7 Å². The molecule has 0 fully saturated rings. The van der Waals surface area contributed by atoms with Crippen molar-refractivity contribution in [1.82, 2.24) is 4.31 Å². The summed E-state index contributed by atoms with van der Waals surface area (Å²) in [4.78, 5) is 23.1. The SMILES string of the molecule is CCN(CC)S(=O)(=O)c1ccc(NC(=O)CN(c2cc([N+](=O)[O-])ccc2OC)S(C)(=O)=O)cc1. The molecule has 12 nitrogen and oxygen atoms in total. The number of carbonyl (C=O) groups excluding carboxylic acids is 1. The summed E-state index contributed by atoms with van der Waals surface area (Å²) in [6.07, 6.45) is 0.853. The Bertz CT molecular complexity index is 1260. The summed E-state index contributed by atoms with van der Waals surface area (Å²) in [5.41, 5.74) is -0.312. The van der Waals surface area contributed by atoms with E-state index < -0.39 is 37.4 Å². The Hall–Kier alpha value is -3.23. The molecule has 2 aromatic carbocycles. The zero-order valence-corrected chi connectivity index (χ0v) is 20.7. The lowest BCUT2D eigenvalue weighted by Gasteiger charge is -2.23. The van der Waals surface area contributed by atoms with Crippen LogP contribution in [0.4, 0.5) is 17.1 Å². The van der Waals surface area contributed by atoms with Crippen molar-refractivity contribution in [2.45, 2.75) is 18.7 Å². The molecule has 0 atom stereocenters. The zero-order valence-electron chi connectivity index (χ0n) is 19.1. The van der Waals surface area contributed by atoms with Gasteiger partial charge in [0.1, 0.15) is 18.0 Å². The van der Waals surface area contributed by atoms with Gasteiger partial charge in [-0.25, -0.2) is 16.8 Å². The smallest absolute Gasteiger partial charge is 0.271 e. The van der Waals surface area contributed by atoms with Crippen molar-refractivity contribution in [3.05, 3.63) is 52.6 Å². The summed E-state index contributed by atoms with van der Waals surface area (Å²) >= 11 is 0. The Kier molecular flexibility index (Phi) is 8.58. The first kappa shape index (κ1) is 27.0. The Labute approximate surface area is 198 Å². The third kappa shape index (κ3) is 6.21. The molecule has 0 bridgehead atoms. The number of nitrogens with one attached hydrogen (secondary N) is 1. The molecule has 0 heterocycles. The van der Waals surface area contributed by atoms with Crippen molar-refractivity contribution < 1.29 is 31.3 Å². The van der Waals surface area contributed by atoms with Gasteiger partial charge < -0.3 is 10.1 Å². The van der Waals surface area contributed by atoms with Crippen LogP contribution in [0.5, 0.6) is 5.75 Å². The highest BCUT2D eigenvalue weighted by Crippen LogP contribution is 2.33. The molecule has 0 spiro atoms. The maximum atomic E-state index is 12.6. The molecule has 14 heteroatoms. The van der Waals surface area contributed by atoms with Crippen LogP contribution >= 0.6 is 0 Å². The lowest BCUT2D eigenvalue weighted by atomic mass is 10.2. The lowest BCUT2D eigenvalue weighted by molar-refractivity contribution is -0.384. The normalized spacial score (nSPS) is 11.8. The molecule has 0 aromatic heterocycles. The molecular weight excluding hydrogens is 488 g/mol. The van der Waals surface area contributed by atoms with E-state index in [0.717, 1.165) is 18.4 Å². The summed E-state index contributed by atoms with van der Waals surface area (Å²) in [5, 5.41) is 13.6. The lowest BCUT2D eigenvalue weighted by Crippen LogP contribution is -2.37. The van der Waals surface area contributed by atoms with Crippen LogP contribution in [-0.4, -0.2) is 65.0 Å². The van der Waals surface area contributed by atoms with E-state index in [1.807, 2.05) is 0 Å². The van der Waals surface area contributed by atoms with Crippen molar-refractivity contribution in [1.29, 1.82) is 0 Å². The number of amides is 1. The number of methoxy groups -OCH3 is 1. The highest BCUT2D eigenvalue weighted by molar-refractivity contribution is 7.92. The number of ether oxygens (including phenoxy) is 1. The molecule has 0 aliphatic heterocycles. The second-order valence-corrected chi connectivity index (χ2v) is 10.9. The maximum Gasteiger partial charge on any atom is 0.271 e. The van der Waals surface area contributed by atoms with Crippen molar-refractivity contribution in [2.75, 3.05) is 42.6 Å². The van der Waals surface area contributed by atoms with Crippen LogP contribution in [0.3, 0.4) is 0 Å². The van der Waals surface area contributed by atoms with Gasteiger partial charge in [0.25, 0.3) is 5.69 Å². The molecule has 2 aromatic rings. The molecule has 0 saturated heterocycles. The average Bonchev–Trinajstić information content (AvgIpc) is 2.77. The van der Waals surface area contributed by atoms with E-state index in [9.17, 15) is 31.7 Å². The highest BCUT2D eigenvalue weighted by atomic mass is 32.2. The molecule has 2 rings (SSSR count). The summed E-state index contributed by atoms with van der Waals surface area (Å²) in [5.74, 6) is -0.729. The van der Waals surface area contributed by atoms with E-state index >= 15 is 0 Å². The van der Waals surface area contributed by atoms with E-state index in [1.54, 1.807) is 13.8 Å². The van der Waals surface area contributed by atoms with E-state index in [0.29, 0.717) is 17.4 Å². The first-order chi connectivity index (χ1) is 15.8. The third-order valence-corrected chi connectivity index (χ3v) is 8.00. The number of anilines is 2. The van der Waals surface area contributed by atoms with Gasteiger partial charge in [-0.3, -0.25) is 19.2 Å². The molecule has 0 unspecified atom stereocenters. The van der Waals surface area contributed by atoms with Gasteiger partial charge in [-0.05, 0) is 30.3 Å². The third-order valence-electron chi connectivity index (χ3n) is 4.81. The summed E-state index contributed by atoms with van der Waals surface area (Å²) in [6, 6.07) is 8.82. The second-order valence-electron chi connectivity index (χ2n) is 7.04. The van der Waals surface area contributed by atoms with E-state index in [2.05, 4.69) is 5.32 Å². The van der Waals surface area contributed by atoms with Gasteiger partial charge in [-0.1, -0.05) is 13.8 Å². The van der Waals surface area contributed by atoms with E-state index in [4.69, 9.17) is 4.74 Å². The Morgan fingerprint density at radius 3 is 2.12 bits per heavy atom. The Morgan fingerprint density at radius 2 is 1.65 bits per heavy atom. The fourth-order valence-electron chi connectivity index (χ4n) is 3.12. The topological polar surface area (TPSA) is 156 Å². The van der Waals surface area contributed by atoms with Crippen LogP contribution in [-0.2, 0) is 24.8 Å².